The van der Waals surface area contributed by atoms with Crippen LogP contribution in [0.2, 0.25) is 0 Å². The molecule has 120 valence electrons. The van der Waals surface area contributed by atoms with Crippen molar-refractivity contribution < 1.29 is 9.53 Å². The number of nitrogens with zero attached hydrogens (tertiary/aromatic N) is 1. The second-order valence-corrected chi connectivity index (χ2v) is 6.26. The number of carbonyl (C=O) groups excluding carboxylic acids is 1. The molecule has 0 aromatic heterocycles. The number of rotatable bonds is 6. The summed E-state index contributed by atoms with van der Waals surface area (Å²) in [6.45, 7) is 0.274. The number of thioether (sulfide) groups is 1. The number of ether oxygens (including phenoxy) is 1. The standard InChI is InChI=1S/C19H21NO2S/c1-20(2)19(21)22-15-17(16-9-5-3-6-10-16)13-14-23-18-11-7-4-8-12-18/h3-13H,14-15H2,1-2H3. The normalized spacial score (nSPS) is 11.1. The van der Waals surface area contributed by atoms with Gasteiger partial charge >= 0.3 is 6.09 Å². The first-order valence-electron chi connectivity index (χ1n) is 7.43. The Morgan fingerprint density at radius 1 is 1.04 bits per heavy atom. The summed E-state index contributed by atoms with van der Waals surface area (Å²) in [4.78, 5) is 14.3. The second-order valence-electron chi connectivity index (χ2n) is 5.17. The fraction of sp³-hybridized carbons (Fsp3) is 0.211. The molecule has 2 aromatic rings. The van der Waals surface area contributed by atoms with Gasteiger partial charge in [0.1, 0.15) is 6.61 Å². The van der Waals surface area contributed by atoms with Crippen LogP contribution in [0.1, 0.15) is 5.56 Å². The zero-order chi connectivity index (χ0) is 16.5. The zero-order valence-corrected chi connectivity index (χ0v) is 14.3. The maximum Gasteiger partial charge on any atom is 0.409 e. The highest BCUT2D eigenvalue weighted by molar-refractivity contribution is 7.99. The van der Waals surface area contributed by atoms with E-state index in [0.717, 1.165) is 16.9 Å². The van der Waals surface area contributed by atoms with Crippen molar-refractivity contribution in [2.75, 3.05) is 26.5 Å². The van der Waals surface area contributed by atoms with Crippen LogP contribution in [0, 0.1) is 0 Å². The van der Waals surface area contributed by atoms with Crippen molar-refractivity contribution in [2.45, 2.75) is 4.90 Å². The molecular weight excluding hydrogens is 306 g/mol. The molecule has 0 fully saturated rings. The van der Waals surface area contributed by atoms with Crippen molar-refractivity contribution in [3.63, 3.8) is 0 Å². The first kappa shape index (κ1) is 17.2. The van der Waals surface area contributed by atoms with Gasteiger partial charge in [0.05, 0.1) is 0 Å². The molecule has 0 saturated heterocycles. The van der Waals surface area contributed by atoms with Gasteiger partial charge in [0.15, 0.2) is 0 Å². The lowest BCUT2D eigenvalue weighted by Gasteiger charge is -2.13. The molecule has 3 nitrogen and oxygen atoms in total. The van der Waals surface area contributed by atoms with Crippen LogP contribution in [0.25, 0.3) is 5.57 Å². The summed E-state index contributed by atoms with van der Waals surface area (Å²) in [5.41, 5.74) is 2.09. The topological polar surface area (TPSA) is 29.5 Å². The number of carbonyl (C=O) groups is 1. The fourth-order valence-corrected chi connectivity index (χ4v) is 2.76. The molecule has 0 aliphatic rings. The minimum Gasteiger partial charge on any atom is -0.445 e. The smallest absolute Gasteiger partial charge is 0.409 e. The molecule has 0 radical (unpaired) electrons. The van der Waals surface area contributed by atoms with Crippen LogP contribution in [0.5, 0.6) is 0 Å². The van der Waals surface area contributed by atoms with Gasteiger partial charge in [-0.05, 0) is 23.3 Å². The van der Waals surface area contributed by atoms with Crippen LogP contribution in [-0.4, -0.2) is 37.4 Å². The summed E-state index contributed by atoms with van der Waals surface area (Å²) in [7, 11) is 3.36. The van der Waals surface area contributed by atoms with Gasteiger partial charge in [-0.25, -0.2) is 4.79 Å². The predicted molar refractivity (Wildman–Crippen MR) is 96.6 cm³/mol. The van der Waals surface area contributed by atoms with E-state index in [0.29, 0.717) is 0 Å². The van der Waals surface area contributed by atoms with E-state index in [9.17, 15) is 4.79 Å². The molecule has 23 heavy (non-hydrogen) atoms. The van der Waals surface area contributed by atoms with Crippen molar-refractivity contribution in [3.8, 4) is 0 Å². The van der Waals surface area contributed by atoms with Gasteiger partial charge in [-0.15, -0.1) is 11.8 Å². The van der Waals surface area contributed by atoms with Gasteiger partial charge in [0.2, 0.25) is 0 Å². The monoisotopic (exact) mass is 327 g/mol. The SMILES string of the molecule is CN(C)C(=O)OCC(=CCSc1ccccc1)c1ccccc1. The van der Waals surface area contributed by atoms with Crippen LogP contribution in [0.3, 0.4) is 0 Å². The number of hydrogen-bond acceptors (Lipinski definition) is 3. The summed E-state index contributed by atoms with van der Waals surface area (Å²) in [6, 6.07) is 20.3. The van der Waals surface area contributed by atoms with E-state index in [2.05, 4.69) is 18.2 Å². The highest BCUT2D eigenvalue weighted by Gasteiger charge is 2.08. The average Bonchev–Trinajstić information content (AvgIpc) is 2.59. The Bertz CT molecular complexity index is 639. The third-order valence-corrected chi connectivity index (χ3v) is 4.12. The fourth-order valence-electron chi connectivity index (χ4n) is 1.94. The lowest BCUT2D eigenvalue weighted by molar-refractivity contribution is 0.131. The lowest BCUT2D eigenvalue weighted by atomic mass is 10.1. The Balaban J connectivity index is 2.03. The van der Waals surface area contributed by atoms with Crippen molar-refractivity contribution >= 4 is 23.4 Å². The predicted octanol–water partition coefficient (Wildman–Crippen LogP) is 4.56. The van der Waals surface area contributed by atoms with Crippen molar-refractivity contribution in [1.29, 1.82) is 0 Å². The first-order chi connectivity index (χ1) is 11.2. The minimum atomic E-state index is -0.331. The van der Waals surface area contributed by atoms with Gasteiger partial charge in [0.25, 0.3) is 0 Å². The van der Waals surface area contributed by atoms with Crippen LogP contribution >= 0.6 is 11.8 Å². The molecule has 0 spiro atoms. The van der Waals surface area contributed by atoms with Crippen molar-refractivity contribution in [2.24, 2.45) is 0 Å². The third kappa shape index (κ3) is 5.83. The largest absolute Gasteiger partial charge is 0.445 e. The molecule has 0 aliphatic carbocycles. The number of hydrogen-bond donors (Lipinski definition) is 0. The molecule has 0 saturated carbocycles. The molecule has 2 aromatic carbocycles. The van der Waals surface area contributed by atoms with Gasteiger partial charge in [-0.2, -0.15) is 0 Å². The summed E-state index contributed by atoms with van der Waals surface area (Å²) in [5.74, 6) is 0.827. The third-order valence-electron chi connectivity index (χ3n) is 3.18. The van der Waals surface area contributed by atoms with Crippen molar-refractivity contribution in [1.82, 2.24) is 4.90 Å². The summed E-state index contributed by atoms with van der Waals surface area (Å²) in [6.07, 6.45) is 1.79. The maximum atomic E-state index is 11.6. The maximum absolute atomic E-state index is 11.6. The van der Waals surface area contributed by atoms with Gasteiger partial charge in [-0.3, -0.25) is 0 Å². The second kappa shape index (κ2) is 9.06. The van der Waals surface area contributed by atoms with Crippen molar-refractivity contribution in [3.05, 3.63) is 72.3 Å². The average molecular weight is 327 g/mol. The Labute approximate surface area is 142 Å². The molecule has 0 atom stereocenters. The number of amides is 1. The van der Waals surface area contributed by atoms with E-state index in [1.807, 2.05) is 48.5 Å². The molecule has 4 heteroatoms. The van der Waals surface area contributed by atoms with E-state index < -0.39 is 0 Å². The van der Waals surface area contributed by atoms with E-state index in [1.54, 1.807) is 25.9 Å². The molecule has 0 unspecified atom stereocenters. The van der Waals surface area contributed by atoms with Gasteiger partial charge in [-0.1, -0.05) is 54.6 Å². The molecule has 0 N–H and O–H groups in total. The minimum absolute atomic E-state index is 0.274. The summed E-state index contributed by atoms with van der Waals surface area (Å²) >= 11 is 1.76. The van der Waals surface area contributed by atoms with Crippen LogP contribution in [0.4, 0.5) is 4.79 Å². The van der Waals surface area contributed by atoms with E-state index in [4.69, 9.17) is 4.74 Å². The van der Waals surface area contributed by atoms with E-state index in [1.165, 1.54) is 9.80 Å². The Morgan fingerprint density at radius 3 is 2.26 bits per heavy atom. The Hall–Kier alpha value is -2.20. The summed E-state index contributed by atoms with van der Waals surface area (Å²) in [5, 5.41) is 0. The highest BCUT2D eigenvalue weighted by Crippen LogP contribution is 2.21. The molecule has 0 aliphatic heterocycles. The molecule has 0 bridgehead atoms. The zero-order valence-electron chi connectivity index (χ0n) is 13.4. The van der Waals surface area contributed by atoms with Gasteiger partial charge < -0.3 is 9.64 Å². The Kier molecular flexibility index (Phi) is 6.76. The molecule has 1 amide bonds. The first-order valence-corrected chi connectivity index (χ1v) is 8.42. The molecule has 0 heterocycles. The number of benzene rings is 2. The molecular formula is C19H21NO2S. The lowest BCUT2D eigenvalue weighted by Crippen LogP contribution is -2.23. The van der Waals surface area contributed by atoms with Crippen LogP contribution in [-0.2, 0) is 4.74 Å². The van der Waals surface area contributed by atoms with Crippen LogP contribution in [0.15, 0.2) is 71.6 Å². The Morgan fingerprint density at radius 2 is 1.65 bits per heavy atom. The van der Waals surface area contributed by atoms with Crippen LogP contribution < -0.4 is 0 Å². The summed E-state index contributed by atoms with van der Waals surface area (Å²) < 4.78 is 5.33. The highest BCUT2D eigenvalue weighted by atomic mass is 32.2. The van der Waals surface area contributed by atoms with Gasteiger partial charge in [0, 0.05) is 24.7 Å². The molecule has 2 rings (SSSR count). The van der Waals surface area contributed by atoms with E-state index >= 15 is 0 Å². The van der Waals surface area contributed by atoms with E-state index in [-0.39, 0.29) is 12.7 Å². The quantitative estimate of drug-likeness (QED) is 0.728.